The molecule has 1 aliphatic heterocycles. The number of hydrogen-bond donors (Lipinski definition) is 1. The molecular formula is C25H33N5O5. The molecule has 0 aliphatic carbocycles. The third kappa shape index (κ3) is 5.12. The highest BCUT2D eigenvalue weighted by Gasteiger charge is 2.28. The van der Waals surface area contributed by atoms with E-state index in [-0.39, 0.29) is 17.9 Å². The van der Waals surface area contributed by atoms with Crippen LogP contribution in [-0.2, 0) is 19.5 Å². The number of carbonyl (C=O) groups is 1. The third-order valence-electron chi connectivity index (χ3n) is 6.34. The first-order valence-electron chi connectivity index (χ1n) is 11.7. The van der Waals surface area contributed by atoms with Crippen molar-refractivity contribution < 1.29 is 23.4 Å². The van der Waals surface area contributed by atoms with Crippen LogP contribution in [0.5, 0.6) is 17.2 Å². The van der Waals surface area contributed by atoms with Gasteiger partial charge in [0.1, 0.15) is 12.1 Å². The van der Waals surface area contributed by atoms with Gasteiger partial charge in [0.15, 0.2) is 17.3 Å². The summed E-state index contributed by atoms with van der Waals surface area (Å²) < 4.78 is 23.8. The van der Waals surface area contributed by atoms with Gasteiger partial charge in [0.25, 0.3) is 5.91 Å². The van der Waals surface area contributed by atoms with Crippen LogP contribution in [0.3, 0.4) is 0 Å². The highest BCUT2D eigenvalue weighted by Crippen LogP contribution is 2.40. The minimum atomic E-state index is -0.267. The first-order chi connectivity index (χ1) is 17.0. The summed E-state index contributed by atoms with van der Waals surface area (Å²) in [5.74, 6) is 3.55. The van der Waals surface area contributed by atoms with Crippen LogP contribution in [0.15, 0.2) is 35.1 Å². The first-order valence-corrected chi connectivity index (χ1v) is 11.7. The van der Waals surface area contributed by atoms with Crippen LogP contribution in [0, 0.1) is 5.92 Å². The molecule has 0 spiro atoms. The Kier molecular flexibility index (Phi) is 7.60. The zero-order chi connectivity index (χ0) is 24.9. The van der Waals surface area contributed by atoms with E-state index in [1.165, 1.54) is 12.5 Å². The Morgan fingerprint density at radius 3 is 2.51 bits per heavy atom. The molecule has 0 unspecified atom stereocenters. The topological polar surface area (TPSA) is 104 Å². The smallest absolute Gasteiger partial charge is 0.255 e. The second-order valence-electron chi connectivity index (χ2n) is 8.85. The summed E-state index contributed by atoms with van der Waals surface area (Å²) in [5.41, 5.74) is 1.51. The molecule has 35 heavy (non-hydrogen) atoms. The Labute approximate surface area is 205 Å². The predicted molar refractivity (Wildman–Crippen MR) is 129 cm³/mol. The van der Waals surface area contributed by atoms with Gasteiger partial charge < -0.3 is 28.5 Å². The zero-order valence-corrected chi connectivity index (χ0v) is 20.9. The number of benzene rings is 1. The molecule has 0 saturated heterocycles. The largest absolute Gasteiger partial charge is 0.493 e. The van der Waals surface area contributed by atoms with Gasteiger partial charge in [-0.3, -0.25) is 9.69 Å². The van der Waals surface area contributed by atoms with Crippen molar-refractivity contribution in [1.82, 2.24) is 25.0 Å². The molecule has 2 aromatic heterocycles. The van der Waals surface area contributed by atoms with Crippen molar-refractivity contribution in [1.29, 1.82) is 0 Å². The molecule has 1 atom stereocenters. The molecule has 0 radical (unpaired) electrons. The summed E-state index contributed by atoms with van der Waals surface area (Å²) in [4.78, 5) is 15.1. The van der Waals surface area contributed by atoms with Crippen LogP contribution in [0.2, 0.25) is 0 Å². The Bertz CT molecular complexity index is 1140. The van der Waals surface area contributed by atoms with Crippen molar-refractivity contribution in [2.24, 2.45) is 5.92 Å². The molecule has 1 N–H and O–H groups in total. The fourth-order valence-electron chi connectivity index (χ4n) is 4.45. The van der Waals surface area contributed by atoms with Gasteiger partial charge in [-0.2, -0.15) is 0 Å². The number of carbonyl (C=O) groups excluding carboxylic acids is 1. The van der Waals surface area contributed by atoms with Crippen LogP contribution in [0.25, 0.3) is 0 Å². The van der Waals surface area contributed by atoms with Gasteiger partial charge in [0.05, 0.1) is 39.2 Å². The second kappa shape index (κ2) is 10.8. The maximum Gasteiger partial charge on any atom is 0.255 e. The Balaban J connectivity index is 1.51. The van der Waals surface area contributed by atoms with Crippen molar-refractivity contribution in [3.8, 4) is 17.2 Å². The minimum Gasteiger partial charge on any atom is -0.493 e. The number of ether oxygens (including phenoxy) is 3. The van der Waals surface area contributed by atoms with Gasteiger partial charge in [-0.05, 0) is 18.1 Å². The maximum absolute atomic E-state index is 12.7. The van der Waals surface area contributed by atoms with Crippen LogP contribution in [-0.4, -0.2) is 60.0 Å². The van der Waals surface area contributed by atoms with Gasteiger partial charge in [0, 0.05) is 38.2 Å². The lowest BCUT2D eigenvalue weighted by atomic mass is 10.0. The number of nitrogens with zero attached hydrogens (tertiary/aromatic N) is 4. The van der Waals surface area contributed by atoms with Crippen LogP contribution in [0.1, 0.15) is 47.5 Å². The van der Waals surface area contributed by atoms with Gasteiger partial charge in [-0.25, -0.2) is 0 Å². The SMILES string of the molecule is COc1ccc(CN2CCc3nnc([C@H](NC(=O)c4ccoc4)C(C)C)n3CC2)c(OC)c1OC. The van der Waals surface area contributed by atoms with Crippen molar-refractivity contribution in [2.45, 2.75) is 39.4 Å². The van der Waals surface area contributed by atoms with Crippen molar-refractivity contribution >= 4 is 5.91 Å². The standard InChI is InChI=1S/C25H33N5O5/c1-16(2)21(26-25(31)18-9-13-35-15-18)24-28-27-20-8-10-29(11-12-30(20)24)14-17-6-7-19(32-3)23(34-5)22(17)33-4/h6-7,9,13,15-16,21H,8,10-12,14H2,1-5H3,(H,26,31)/t21-/m1/s1. The minimum absolute atomic E-state index is 0.134. The van der Waals surface area contributed by atoms with Crippen LogP contribution in [0.4, 0.5) is 0 Å². The summed E-state index contributed by atoms with van der Waals surface area (Å²) in [6.07, 6.45) is 3.69. The molecule has 188 valence electrons. The number of amides is 1. The van der Waals surface area contributed by atoms with Crippen molar-refractivity contribution in [3.05, 3.63) is 53.5 Å². The Morgan fingerprint density at radius 1 is 1.06 bits per heavy atom. The van der Waals surface area contributed by atoms with Gasteiger partial charge >= 0.3 is 0 Å². The van der Waals surface area contributed by atoms with Crippen LogP contribution < -0.4 is 19.5 Å². The van der Waals surface area contributed by atoms with E-state index in [9.17, 15) is 4.79 Å². The second-order valence-corrected chi connectivity index (χ2v) is 8.85. The summed E-state index contributed by atoms with van der Waals surface area (Å²) in [6, 6.07) is 5.29. The van der Waals surface area contributed by atoms with Crippen molar-refractivity contribution in [3.63, 3.8) is 0 Å². The predicted octanol–water partition coefficient (Wildman–Crippen LogP) is 3.08. The van der Waals surface area contributed by atoms with E-state index in [4.69, 9.17) is 18.6 Å². The molecule has 10 nitrogen and oxygen atoms in total. The van der Waals surface area contributed by atoms with E-state index in [1.807, 2.05) is 12.1 Å². The molecule has 10 heteroatoms. The summed E-state index contributed by atoms with van der Waals surface area (Å²) in [7, 11) is 4.86. The molecule has 0 bridgehead atoms. The number of hydrogen-bond acceptors (Lipinski definition) is 8. The Hall–Kier alpha value is -3.53. The molecular weight excluding hydrogens is 450 g/mol. The van der Waals surface area contributed by atoms with Gasteiger partial charge in [-0.15, -0.1) is 10.2 Å². The lowest BCUT2D eigenvalue weighted by Gasteiger charge is -2.24. The number of rotatable bonds is 9. The Morgan fingerprint density at radius 2 is 1.86 bits per heavy atom. The highest BCUT2D eigenvalue weighted by atomic mass is 16.5. The van der Waals surface area contributed by atoms with Gasteiger partial charge in [-0.1, -0.05) is 19.9 Å². The fourth-order valence-corrected chi connectivity index (χ4v) is 4.45. The molecule has 0 fully saturated rings. The fraction of sp³-hybridized carbons (Fsp3) is 0.480. The van der Waals surface area contributed by atoms with E-state index in [2.05, 4.69) is 38.8 Å². The van der Waals surface area contributed by atoms with Gasteiger partial charge in [0.2, 0.25) is 5.75 Å². The molecule has 3 heterocycles. The van der Waals surface area contributed by atoms with Crippen molar-refractivity contribution in [2.75, 3.05) is 34.4 Å². The lowest BCUT2D eigenvalue weighted by molar-refractivity contribution is 0.0921. The number of furan rings is 1. The molecule has 4 rings (SSSR count). The lowest BCUT2D eigenvalue weighted by Crippen LogP contribution is -2.34. The number of nitrogens with one attached hydrogen (secondary N) is 1. The van der Waals surface area contributed by atoms with E-state index in [0.29, 0.717) is 29.4 Å². The monoisotopic (exact) mass is 483 g/mol. The number of fused-ring (bicyclic) bond motifs is 1. The average Bonchev–Trinajstić information content (AvgIpc) is 3.50. The average molecular weight is 484 g/mol. The molecule has 1 amide bonds. The molecule has 0 saturated carbocycles. The van der Waals surface area contributed by atoms with E-state index in [0.717, 1.165) is 43.3 Å². The van der Waals surface area contributed by atoms with E-state index >= 15 is 0 Å². The molecule has 1 aliphatic rings. The normalized spacial score (nSPS) is 14.8. The number of methoxy groups -OCH3 is 3. The maximum atomic E-state index is 12.7. The highest BCUT2D eigenvalue weighted by molar-refractivity contribution is 5.94. The summed E-state index contributed by atoms with van der Waals surface area (Å²) in [5, 5.41) is 12.1. The summed E-state index contributed by atoms with van der Waals surface area (Å²) in [6.45, 7) is 7.17. The zero-order valence-electron chi connectivity index (χ0n) is 20.9. The molecule has 3 aromatic rings. The van der Waals surface area contributed by atoms with E-state index in [1.54, 1.807) is 27.4 Å². The molecule has 1 aromatic carbocycles. The third-order valence-corrected chi connectivity index (χ3v) is 6.34. The number of aromatic nitrogens is 3. The van der Waals surface area contributed by atoms with Crippen LogP contribution >= 0.6 is 0 Å². The first kappa shape index (κ1) is 24.6. The quantitative estimate of drug-likeness (QED) is 0.495. The summed E-state index contributed by atoms with van der Waals surface area (Å²) >= 11 is 0. The van der Waals surface area contributed by atoms with E-state index < -0.39 is 0 Å².